The highest BCUT2D eigenvalue weighted by atomic mass is 35.5. The number of carbonyl (C=O) groups is 1. The molecule has 1 aromatic heterocycles. The Morgan fingerprint density at radius 1 is 1.18 bits per heavy atom. The van der Waals surface area contributed by atoms with Crippen LogP contribution in [-0.4, -0.2) is 27.7 Å². The first-order chi connectivity index (χ1) is 13.5. The molecule has 0 saturated heterocycles. The lowest BCUT2D eigenvalue weighted by Crippen LogP contribution is -2.04. The van der Waals surface area contributed by atoms with Crippen LogP contribution in [0.25, 0.3) is 0 Å². The van der Waals surface area contributed by atoms with Crippen LogP contribution in [0, 0.1) is 0 Å². The van der Waals surface area contributed by atoms with Gasteiger partial charge in [-0.25, -0.2) is 0 Å². The number of ether oxygens (including phenoxy) is 2. The van der Waals surface area contributed by atoms with Crippen molar-refractivity contribution < 1.29 is 14.3 Å². The van der Waals surface area contributed by atoms with Crippen LogP contribution in [0.4, 0.5) is 0 Å². The molecule has 0 spiro atoms. The Morgan fingerprint density at radius 2 is 1.93 bits per heavy atom. The average Bonchev–Trinajstić information content (AvgIpc) is 3.05. The summed E-state index contributed by atoms with van der Waals surface area (Å²) in [5.74, 6) is 2.79. The Kier molecular flexibility index (Phi) is 6.59. The van der Waals surface area contributed by atoms with Crippen LogP contribution in [0.3, 0.4) is 0 Å². The highest BCUT2D eigenvalue weighted by Crippen LogP contribution is 2.28. The highest BCUT2D eigenvalue weighted by Gasteiger charge is 2.13. The molecule has 0 saturated carbocycles. The molecule has 0 atom stereocenters. The van der Waals surface area contributed by atoms with Gasteiger partial charge in [-0.1, -0.05) is 23.4 Å². The Hall–Kier alpha value is -2.51. The van der Waals surface area contributed by atoms with E-state index in [4.69, 9.17) is 21.1 Å². The van der Waals surface area contributed by atoms with Gasteiger partial charge in [0.05, 0.1) is 7.11 Å². The fraction of sp³-hybridized carbons (Fsp3) is 0.250. The molecule has 0 aliphatic carbocycles. The van der Waals surface area contributed by atoms with Crippen LogP contribution >= 0.6 is 23.4 Å². The number of benzene rings is 2. The first-order valence-electron chi connectivity index (χ1n) is 8.55. The van der Waals surface area contributed by atoms with Gasteiger partial charge in [-0.3, -0.25) is 4.79 Å². The van der Waals surface area contributed by atoms with E-state index >= 15 is 0 Å². The van der Waals surface area contributed by atoms with Crippen LogP contribution in [0.2, 0.25) is 5.02 Å². The minimum Gasteiger partial charge on any atom is -0.496 e. The molecule has 0 aliphatic rings. The third-order valence-electron chi connectivity index (χ3n) is 4.15. The van der Waals surface area contributed by atoms with Gasteiger partial charge in [0.15, 0.2) is 16.8 Å². The first kappa shape index (κ1) is 20.2. The Bertz CT molecular complexity index is 973. The van der Waals surface area contributed by atoms with E-state index in [0.29, 0.717) is 34.5 Å². The van der Waals surface area contributed by atoms with E-state index < -0.39 is 0 Å². The molecule has 3 aromatic rings. The average molecular weight is 418 g/mol. The molecule has 0 N–H and O–H groups in total. The normalized spacial score (nSPS) is 10.7. The van der Waals surface area contributed by atoms with Gasteiger partial charge in [0, 0.05) is 29.0 Å². The molecule has 0 bridgehead atoms. The van der Waals surface area contributed by atoms with E-state index in [-0.39, 0.29) is 5.78 Å². The number of carbonyl (C=O) groups excluding carboxylic acids is 1. The minimum absolute atomic E-state index is 0.0224. The summed E-state index contributed by atoms with van der Waals surface area (Å²) in [6.45, 7) is 1.85. The summed E-state index contributed by atoms with van der Waals surface area (Å²) in [6.07, 6.45) is 0. The molecule has 2 aromatic carbocycles. The monoisotopic (exact) mass is 417 g/mol. The summed E-state index contributed by atoms with van der Waals surface area (Å²) in [5, 5.41) is 9.86. The Morgan fingerprint density at radius 3 is 2.61 bits per heavy atom. The van der Waals surface area contributed by atoms with Gasteiger partial charge >= 0.3 is 0 Å². The third kappa shape index (κ3) is 4.85. The van der Waals surface area contributed by atoms with E-state index in [1.807, 2.05) is 35.9 Å². The topological polar surface area (TPSA) is 66.2 Å². The van der Waals surface area contributed by atoms with E-state index in [9.17, 15) is 4.79 Å². The Balaban J connectivity index is 1.66. The standard InChI is InChI=1S/C20H20ClN3O3S/c1-13(25)14-4-9-18(26-3)15(10-14)12-28-20-23-22-19(24(20)2)11-27-17-7-5-16(21)6-8-17/h4-10H,11-12H2,1-3H3. The third-order valence-corrected chi connectivity index (χ3v) is 5.47. The SMILES string of the molecule is COc1ccc(C(C)=O)cc1CSc1nnc(COc2ccc(Cl)cc2)n1C. The molecule has 1 heterocycles. The molecule has 0 radical (unpaired) electrons. The largest absolute Gasteiger partial charge is 0.496 e. The van der Waals surface area contributed by atoms with Crippen LogP contribution in [0.5, 0.6) is 11.5 Å². The lowest BCUT2D eigenvalue weighted by molar-refractivity contribution is 0.101. The number of methoxy groups -OCH3 is 1. The number of hydrogen-bond acceptors (Lipinski definition) is 6. The summed E-state index contributed by atoms with van der Waals surface area (Å²) >= 11 is 7.40. The minimum atomic E-state index is 0.0224. The fourth-order valence-electron chi connectivity index (χ4n) is 2.53. The smallest absolute Gasteiger partial charge is 0.191 e. The maximum atomic E-state index is 11.6. The molecular formula is C20H20ClN3O3S. The zero-order valence-electron chi connectivity index (χ0n) is 15.8. The maximum Gasteiger partial charge on any atom is 0.191 e. The molecule has 3 rings (SSSR count). The van der Waals surface area contributed by atoms with E-state index in [0.717, 1.165) is 16.5 Å². The van der Waals surface area contributed by atoms with Gasteiger partial charge < -0.3 is 14.0 Å². The molecule has 6 nitrogen and oxygen atoms in total. The van der Waals surface area contributed by atoms with Crippen LogP contribution in [-0.2, 0) is 19.4 Å². The molecule has 8 heteroatoms. The second-order valence-electron chi connectivity index (χ2n) is 6.07. The van der Waals surface area contributed by atoms with Crippen molar-refractivity contribution in [3.63, 3.8) is 0 Å². The lowest BCUT2D eigenvalue weighted by Gasteiger charge is -2.10. The van der Waals surface area contributed by atoms with Gasteiger partial charge in [0.25, 0.3) is 0 Å². The molecule has 0 aliphatic heterocycles. The quantitative estimate of drug-likeness (QED) is 0.395. The number of aromatic nitrogens is 3. The van der Waals surface area contributed by atoms with E-state index in [1.165, 1.54) is 11.8 Å². The van der Waals surface area contributed by atoms with Crippen LogP contribution < -0.4 is 9.47 Å². The van der Waals surface area contributed by atoms with Crippen LogP contribution in [0.15, 0.2) is 47.6 Å². The number of hydrogen-bond donors (Lipinski definition) is 0. The predicted molar refractivity (Wildman–Crippen MR) is 109 cm³/mol. The van der Waals surface area contributed by atoms with Crippen molar-refractivity contribution in [2.24, 2.45) is 7.05 Å². The second-order valence-corrected chi connectivity index (χ2v) is 7.45. The zero-order valence-corrected chi connectivity index (χ0v) is 17.4. The number of thioether (sulfide) groups is 1. The fourth-order valence-corrected chi connectivity index (χ4v) is 3.56. The van der Waals surface area contributed by atoms with Crippen molar-refractivity contribution in [3.05, 3.63) is 64.4 Å². The number of Topliss-reactive ketones (excluding diaryl/α,β-unsaturated/α-hetero) is 1. The van der Waals surface area contributed by atoms with Crippen molar-refractivity contribution in [2.75, 3.05) is 7.11 Å². The van der Waals surface area contributed by atoms with Crippen molar-refractivity contribution >= 4 is 29.1 Å². The van der Waals surface area contributed by atoms with Gasteiger partial charge in [-0.05, 0) is 49.4 Å². The van der Waals surface area contributed by atoms with Crippen molar-refractivity contribution in [2.45, 2.75) is 24.4 Å². The number of nitrogens with zero attached hydrogens (tertiary/aromatic N) is 3. The van der Waals surface area contributed by atoms with Gasteiger partial charge in [0.1, 0.15) is 18.1 Å². The summed E-state index contributed by atoms with van der Waals surface area (Å²) in [5.41, 5.74) is 1.59. The van der Waals surface area contributed by atoms with Gasteiger partial charge in [0.2, 0.25) is 0 Å². The lowest BCUT2D eigenvalue weighted by atomic mass is 10.1. The summed E-state index contributed by atoms with van der Waals surface area (Å²) in [6, 6.07) is 12.6. The molecule has 0 amide bonds. The van der Waals surface area contributed by atoms with Gasteiger partial charge in [-0.15, -0.1) is 10.2 Å². The number of rotatable bonds is 8. The molecule has 0 fully saturated rings. The van der Waals surface area contributed by atoms with Gasteiger partial charge in [-0.2, -0.15) is 0 Å². The van der Waals surface area contributed by atoms with Crippen LogP contribution in [0.1, 0.15) is 28.7 Å². The molecule has 146 valence electrons. The predicted octanol–water partition coefficient (Wildman–Crippen LogP) is 4.55. The first-order valence-corrected chi connectivity index (χ1v) is 9.91. The Labute approximate surface area is 172 Å². The van der Waals surface area contributed by atoms with E-state index in [2.05, 4.69) is 10.2 Å². The number of halogens is 1. The zero-order chi connectivity index (χ0) is 20.1. The second kappa shape index (κ2) is 9.12. The number of ketones is 1. The molecular weight excluding hydrogens is 398 g/mol. The highest BCUT2D eigenvalue weighted by molar-refractivity contribution is 7.98. The summed E-state index contributed by atoms with van der Waals surface area (Å²) in [7, 11) is 3.51. The van der Waals surface area contributed by atoms with Crippen molar-refractivity contribution in [1.29, 1.82) is 0 Å². The summed E-state index contributed by atoms with van der Waals surface area (Å²) < 4.78 is 13.0. The van der Waals surface area contributed by atoms with Crippen molar-refractivity contribution in [1.82, 2.24) is 14.8 Å². The van der Waals surface area contributed by atoms with Crippen molar-refractivity contribution in [3.8, 4) is 11.5 Å². The van der Waals surface area contributed by atoms with E-state index in [1.54, 1.807) is 32.2 Å². The maximum absolute atomic E-state index is 11.6. The molecule has 28 heavy (non-hydrogen) atoms. The summed E-state index contributed by atoms with van der Waals surface area (Å²) in [4.78, 5) is 11.6. The molecule has 0 unspecified atom stereocenters.